The average molecular weight is 286 g/mol. The zero-order valence-electron chi connectivity index (χ0n) is 10.4. The number of ether oxygens (including phenoxy) is 1. The van der Waals surface area contributed by atoms with Crippen LogP contribution in [0, 0.1) is 17.0 Å². The highest BCUT2D eigenvalue weighted by Gasteiger charge is 2.33. The molecule has 19 heavy (non-hydrogen) atoms. The van der Waals surface area contributed by atoms with Gasteiger partial charge in [0.2, 0.25) is 10.0 Å². The second-order valence-electron chi connectivity index (χ2n) is 4.20. The fourth-order valence-corrected chi connectivity index (χ4v) is 3.80. The summed E-state index contributed by atoms with van der Waals surface area (Å²) in [5, 5.41) is 11.0. The van der Waals surface area contributed by atoms with Gasteiger partial charge in [0.25, 0.3) is 5.69 Å². The van der Waals surface area contributed by atoms with E-state index in [2.05, 4.69) is 0 Å². The van der Waals surface area contributed by atoms with Crippen LogP contribution in [0.25, 0.3) is 0 Å². The van der Waals surface area contributed by atoms with Gasteiger partial charge in [-0.1, -0.05) is 12.1 Å². The van der Waals surface area contributed by atoms with E-state index >= 15 is 0 Å². The summed E-state index contributed by atoms with van der Waals surface area (Å²) < 4.78 is 31.3. The summed E-state index contributed by atoms with van der Waals surface area (Å²) in [4.78, 5) is 10.1. The van der Waals surface area contributed by atoms with Gasteiger partial charge in [-0.25, -0.2) is 8.42 Å². The van der Waals surface area contributed by atoms with Crippen molar-refractivity contribution in [2.24, 2.45) is 0 Å². The predicted molar refractivity (Wildman–Crippen MR) is 67.4 cm³/mol. The molecular weight excluding hydrogens is 272 g/mol. The molecule has 1 saturated heterocycles. The van der Waals surface area contributed by atoms with E-state index in [1.807, 2.05) is 0 Å². The van der Waals surface area contributed by atoms with Crippen LogP contribution in [-0.4, -0.2) is 43.9 Å². The maximum Gasteiger partial charge on any atom is 0.289 e. The molecule has 0 aromatic heterocycles. The van der Waals surface area contributed by atoms with Crippen molar-refractivity contribution in [1.82, 2.24) is 4.31 Å². The van der Waals surface area contributed by atoms with Crippen molar-refractivity contribution in [2.45, 2.75) is 11.8 Å². The van der Waals surface area contributed by atoms with Crippen LogP contribution in [0.1, 0.15) is 5.56 Å². The summed E-state index contributed by atoms with van der Waals surface area (Å²) in [7, 11) is -3.86. The van der Waals surface area contributed by atoms with Crippen molar-refractivity contribution in [3.63, 3.8) is 0 Å². The van der Waals surface area contributed by atoms with Gasteiger partial charge < -0.3 is 4.74 Å². The van der Waals surface area contributed by atoms with Crippen LogP contribution in [0.3, 0.4) is 0 Å². The normalized spacial score (nSPS) is 17.3. The standard InChI is InChI=1S/C11H14N2O5S/c1-9-3-2-4-10(13(14)15)11(9)19(16,17)12-5-7-18-8-6-12/h2-4H,5-8H2,1H3. The van der Waals surface area contributed by atoms with Gasteiger partial charge in [-0.15, -0.1) is 0 Å². The van der Waals surface area contributed by atoms with E-state index in [0.29, 0.717) is 18.8 Å². The van der Waals surface area contributed by atoms with E-state index in [1.165, 1.54) is 16.4 Å². The number of nitrogens with zero attached hydrogens (tertiary/aromatic N) is 2. The van der Waals surface area contributed by atoms with Gasteiger partial charge in [0.15, 0.2) is 4.90 Å². The molecule has 0 atom stereocenters. The number of aryl methyl sites for hydroxylation is 1. The van der Waals surface area contributed by atoms with E-state index < -0.39 is 14.9 Å². The second kappa shape index (κ2) is 5.24. The fraction of sp³-hybridized carbons (Fsp3) is 0.455. The first-order valence-corrected chi connectivity index (χ1v) is 7.20. The maximum atomic E-state index is 12.5. The molecule has 1 heterocycles. The monoisotopic (exact) mass is 286 g/mol. The largest absolute Gasteiger partial charge is 0.379 e. The topological polar surface area (TPSA) is 89.8 Å². The Labute approximate surface area is 111 Å². The van der Waals surface area contributed by atoms with Gasteiger partial charge in [0.05, 0.1) is 18.1 Å². The highest BCUT2D eigenvalue weighted by Crippen LogP contribution is 2.29. The van der Waals surface area contributed by atoms with Crippen molar-refractivity contribution in [2.75, 3.05) is 26.3 Å². The molecular formula is C11H14N2O5S. The molecule has 8 heteroatoms. The fourth-order valence-electron chi connectivity index (χ4n) is 2.03. The zero-order valence-corrected chi connectivity index (χ0v) is 11.2. The third-order valence-corrected chi connectivity index (χ3v) is 5.05. The van der Waals surface area contributed by atoms with Crippen LogP contribution >= 0.6 is 0 Å². The van der Waals surface area contributed by atoms with Gasteiger partial charge in [0.1, 0.15) is 0 Å². The number of hydrogen-bond donors (Lipinski definition) is 0. The summed E-state index contributed by atoms with van der Waals surface area (Å²) in [5.41, 5.74) is -0.00724. The molecule has 0 N–H and O–H groups in total. The number of benzene rings is 1. The van der Waals surface area contributed by atoms with E-state index in [9.17, 15) is 18.5 Å². The maximum absolute atomic E-state index is 12.5. The molecule has 1 aliphatic rings. The van der Waals surface area contributed by atoms with E-state index in [-0.39, 0.29) is 23.7 Å². The highest BCUT2D eigenvalue weighted by molar-refractivity contribution is 7.89. The number of nitro groups is 1. The Morgan fingerprint density at radius 2 is 1.95 bits per heavy atom. The quantitative estimate of drug-likeness (QED) is 0.609. The number of sulfonamides is 1. The van der Waals surface area contributed by atoms with Crippen LogP contribution in [0.2, 0.25) is 0 Å². The lowest BCUT2D eigenvalue weighted by molar-refractivity contribution is -0.387. The first kappa shape index (κ1) is 13.9. The lowest BCUT2D eigenvalue weighted by Gasteiger charge is -2.26. The van der Waals surface area contributed by atoms with Crippen LogP contribution in [0.15, 0.2) is 23.1 Å². The Kier molecular flexibility index (Phi) is 3.83. The summed E-state index contributed by atoms with van der Waals surface area (Å²) in [6.07, 6.45) is 0. The van der Waals surface area contributed by atoms with E-state index in [0.717, 1.165) is 0 Å². The van der Waals surface area contributed by atoms with Gasteiger partial charge in [-0.3, -0.25) is 10.1 Å². The number of hydrogen-bond acceptors (Lipinski definition) is 5. The summed E-state index contributed by atoms with van der Waals surface area (Å²) >= 11 is 0. The smallest absolute Gasteiger partial charge is 0.289 e. The Balaban J connectivity index is 2.53. The van der Waals surface area contributed by atoms with Crippen LogP contribution in [0.4, 0.5) is 5.69 Å². The Hall–Kier alpha value is -1.51. The summed E-state index contributed by atoms with van der Waals surface area (Å²) in [6.45, 7) is 2.60. The van der Waals surface area contributed by atoms with Crippen molar-refractivity contribution < 1.29 is 18.1 Å². The molecule has 0 bridgehead atoms. The molecule has 0 radical (unpaired) electrons. The molecule has 104 valence electrons. The second-order valence-corrected chi connectivity index (χ2v) is 6.07. The minimum absolute atomic E-state index is 0.216. The Morgan fingerprint density at radius 1 is 1.32 bits per heavy atom. The number of morpholine rings is 1. The van der Waals surface area contributed by atoms with Crippen molar-refractivity contribution in [3.05, 3.63) is 33.9 Å². The Bertz CT molecular complexity index is 593. The van der Waals surface area contributed by atoms with Crippen LogP contribution < -0.4 is 0 Å². The van der Waals surface area contributed by atoms with Crippen LogP contribution in [0.5, 0.6) is 0 Å². The van der Waals surface area contributed by atoms with Crippen LogP contribution in [-0.2, 0) is 14.8 Å². The van der Waals surface area contributed by atoms with E-state index in [4.69, 9.17) is 4.74 Å². The van der Waals surface area contributed by atoms with Gasteiger partial charge >= 0.3 is 0 Å². The minimum atomic E-state index is -3.86. The minimum Gasteiger partial charge on any atom is -0.379 e. The number of rotatable bonds is 3. The summed E-state index contributed by atoms with van der Waals surface area (Å²) in [6, 6.07) is 4.24. The van der Waals surface area contributed by atoms with E-state index in [1.54, 1.807) is 13.0 Å². The molecule has 0 unspecified atom stereocenters. The van der Waals surface area contributed by atoms with Gasteiger partial charge in [-0.2, -0.15) is 4.31 Å². The zero-order chi connectivity index (χ0) is 14.0. The molecule has 0 saturated carbocycles. The van der Waals surface area contributed by atoms with Crippen molar-refractivity contribution >= 4 is 15.7 Å². The lowest BCUT2D eigenvalue weighted by Crippen LogP contribution is -2.41. The molecule has 1 aliphatic heterocycles. The van der Waals surface area contributed by atoms with Gasteiger partial charge in [-0.05, 0) is 12.5 Å². The van der Waals surface area contributed by atoms with Gasteiger partial charge in [0, 0.05) is 19.2 Å². The first-order valence-electron chi connectivity index (χ1n) is 5.76. The average Bonchev–Trinajstić information content (AvgIpc) is 2.39. The summed E-state index contributed by atoms with van der Waals surface area (Å²) in [5.74, 6) is 0. The SMILES string of the molecule is Cc1cccc([N+](=O)[O-])c1S(=O)(=O)N1CCOCC1. The molecule has 7 nitrogen and oxygen atoms in total. The third-order valence-electron chi connectivity index (χ3n) is 2.96. The molecule has 0 amide bonds. The number of nitro benzene ring substituents is 1. The highest BCUT2D eigenvalue weighted by atomic mass is 32.2. The van der Waals surface area contributed by atoms with Crippen molar-refractivity contribution in [1.29, 1.82) is 0 Å². The lowest BCUT2D eigenvalue weighted by atomic mass is 10.2. The molecule has 1 fully saturated rings. The first-order chi connectivity index (χ1) is 8.94. The molecule has 0 spiro atoms. The molecule has 2 rings (SSSR count). The Morgan fingerprint density at radius 3 is 2.53 bits per heavy atom. The molecule has 0 aliphatic carbocycles. The molecule has 1 aromatic carbocycles. The molecule has 1 aromatic rings. The predicted octanol–water partition coefficient (Wildman–Crippen LogP) is 0.924. The third kappa shape index (κ3) is 2.60. The van der Waals surface area contributed by atoms with Crippen molar-refractivity contribution in [3.8, 4) is 0 Å².